The van der Waals surface area contributed by atoms with Crippen molar-refractivity contribution < 1.29 is 9.53 Å². The molecule has 4 heteroatoms. The Bertz CT molecular complexity index is 428. The minimum absolute atomic E-state index is 0.0257. The Morgan fingerprint density at radius 2 is 2.06 bits per heavy atom. The molecular formula is C14H22N2O2. The van der Waals surface area contributed by atoms with Gasteiger partial charge in [0.25, 0.3) is 0 Å². The molecule has 0 unspecified atom stereocenters. The van der Waals surface area contributed by atoms with Gasteiger partial charge in [0.05, 0.1) is 12.2 Å². The third-order valence-corrected chi connectivity index (χ3v) is 2.92. The topological polar surface area (TPSA) is 64.3 Å². The van der Waals surface area contributed by atoms with Crippen molar-refractivity contribution >= 4 is 17.3 Å². The summed E-state index contributed by atoms with van der Waals surface area (Å²) < 4.78 is 4.97. The van der Waals surface area contributed by atoms with Gasteiger partial charge in [0.2, 0.25) is 0 Å². The maximum Gasteiger partial charge on any atom is 0.340 e. The Labute approximate surface area is 109 Å². The van der Waals surface area contributed by atoms with Crippen LogP contribution in [-0.4, -0.2) is 18.1 Å². The summed E-state index contributed by atoms with van der Waals surface area (Å²) in [5.74, 6) is -0.382. The van der Waals surface area contributed by atoms with Crippen molar-refractivity contribution in [3.05, 3.63) is 23.8 Å². The summed E-state index contributed by atoms with van der Waals surface area (Å²) in [5, 5.41) is 3.37. The molecule has 0 atom stereocenters. The average molecular weight is 250 g/mol. The van der Waals surface area contributed by atoms with Crippen LogP contribution < -0.4 is 11.1 Å². The van der Waals surface area contributed by atoms with Gasteiger partial charge in [-0.25, -0.2) is 4.79 Å². The van der Waals surface area contributed by atoms with Gasteiger partial charge in [0, 0.05) is 16.9 Å². The molecule has 0 radical (unpaired) electrons. The molecule has 4 nitrogen and oxygen atoms in total. The molecule has 1 aromatic carbocycles. The van der Waals surface area contributed by atoms with Gasteiger partial charge in [-0.2, -0.15) is 0 Å². The summed E-state index contributed by atoms with van der Waals surface area (Å²) in [6.45, 7) is 8.43. The number of hydrogen-bond acceptors (Lipinski definition) is 4. The molecule has 3 N–H and O–H groups in total. The highest BCUT2D eigenvalue weighted by Gasteiger charge is 2.16. The number of esters is 1. The minimum Gasteiger partial charge on any atom is -0.462 e. The first kappa shape index (κ1) is 14.4. The molecule has 0 heterocycles. The first-order valence-electron chi connectivity index (χ1n) is 6.24. The lowest BCUT2D eigenvalue weighted by Crippen LogP contribution is -2.29. The Morgan fingerprint density at radius 3 is 2.61 bits per heavy atom. The second-order valence-electron chi connectivity index (χ2n) is 4.88. The number of anilines is 2. The first-order valence-corrected chi connectivity index (χ1v) is 6.24. The van der Waals surface area contributed by atoms with Crippen molar-refractivity contribution in [1.82, 2.24) is 0 Å². The monoisotopic (exact) mass is 250 g/mol. The fraction of sp³-hybridized carbons (Fsp3) is 0.500. The molecule has 0 bridgehead atoms. The van der Waals surface area contributed by atoms with Crippen molar-refractivity contribution in [1.29, 1.82) is 0 Å². The van der Waals surface area contributed by atoms with E-state index >= 15 is 0 Å². The molecule has 0 aliphatic carbocycles. The van der Waals surface area contributed by atoms with Gasteiger partial charge in [-0.15, -0.1) is 0 Å². The summed E-state index contributed by atoms with van der Waals surface area (Å²) in [7, 11) is 0. The third kappa shape index (κ3) is 3.65. The van der Waals surface area contributed by atoms with Crippen LogP contribution in [0.2, 0.25) is 0 Å². The molecule has 0 aliphatic rings. The van der Waals surface area contributed by atoms with Crippen LogP contribution in [0.5, 0.6) is 0 Å². The second kappa shape index (κ2) is 5.76. The number of rotatable bonds is 5. The van der Waals surface area contributed by atoms with Crippen LogP contribution in [0.1, 0.15) is 44.5 Å². The fourth-order valence-corrected chi connectivity index (χ4v) is 1.50. The zero-order chi connectivity index (χ0) is 13.8. The van der Waals surface area contributed by atoms with E-state index in [0.29, 0.717) is 17.9 Å². The predicted octanol–water partition coefficient (Wildman–Crippen LogP) is 3.05. The lowest BCUT2D eigenvalue weighted by Gasteiger charge is -2.26. The van der Waals surface area contributed by atoms with Gasteiger partial charge in [-0.1, -0.05) is 6.92 Å². The van der Waals surface area contributed by atoms with Gasteiger partial charge in [-0.3, -0.25) is 0 Å². The van der Waals surface area contributed by atoms with Crippen molar-refractivity contribution in [2.24, 2.45) is 0 Å². The van der Waals surface area contributed by atoms with E-state index in [1.807, 2.05) is 6.07 Å². The normalized spacial score (nSPS) is 11.1. The SMILES string of the molecule is CCOC(=O)c1cc(NC(C)(C)CC)ccc1N. The van der Waals surface area contributed by atoms with E-state index in [0.717, 1.165) is 12.1 Å². The number of hydrogen-bond donors (Lipinski definition) is 2. The second-order valence-corrected chi connectivity index (χ2v) is 4.88. The highest BCUT2D eigenvalue weighted by molar-refractivity contribution is 5.96. The van der Waals surface area contributed by atoms with Crippen LogP contribution in [0, 0.1) is 0 Å². The fourth-order valence-electron chi connectivity index (χ4n) is 1.50. The Hall–Kier alpha value is -1.71. The molecule has 0 aromatic heterocycles. The molecule has 0 fully saturated rings. The van der Waals surface area contributed by atoms with Gasteiger partial charge >= 0.3 is 5.97 Å². The maximum atomic E-state index is 11.7. The van der Waals surface area contributed by atoms with E-state index in [9.17, 15) is 4.79 Å². The molecule has 0 saturated carbocycles. The number of nitrogen functional groups attached to an aromatic ring is 1. The number of benzene rings is 1. The minimum atomic E-state index is -0.382. The van der Waals surface area contributed by atoms with Crippen molar-refractivity contribution in [3.8, 4) is 0 Å². The van der Waals surface area contributed by atoms with Gasteiger partial charge < -0.3 is 15.8 Å². The number of nitrogens with two attached hydrogens (primary N) is 1. The number of carbonyl (C=O) groups is 1. The van der Waals surface area contributed by atoms with Crippen LogP contribution in [0.3, 0.4) is 0 Å². The van der Waals surface area contributed by atoms with E-state index in [4.69, 9.17) is 10.5 Å². The summed E-state index contributed by atoms with van der Waals surface area (Å²) >= 11 is 0. The Morgan fingerprint density at radius 1 is 1.39 bits per heavy atom. The number of carbonyl (C=O) groups excluding carboxylic acids is 1. The third-order valence-electron chi connectivity index (χ3n) is 2.92. The zero-order valence-corrected chi connectivity index (χ0v) is 11.5. The van der Waals surface area contributed by atoms with Crippen molar-refractivity contribution in [2.45, 2.75) is 39.7 Å². The van der Waals surface area contributed by atoms with Crippen molar-refractivity contribution in [3.63, 3.8) is 0 Å². The number of ether oxygens (including phenoxy) is 1. The molecular weight excluding hydrogens is 228 g/mol. The standard InChI is InChI=1S/C14H22N2O2/c1-5-14(3,4)16-10-7-8-12(15)11(9-10)13(17)18-6-2/h7-9,16H,5-6,15H2,1-4H3. The number of nitrogens with one attached hydrogen (secondary N) is 1. The highest BCUT2D eigenvalue weighted by Crippen LogP contribution is 2.23. The summed E-state index contributed by atoms with van der Waals surface area (Å²) in [6.07, 6.45) is 0.978. The first-order chi connectivity index (χ1) is 8.39. The molecule has 0 aliphatic heterocycles. The lowest BCUT2D eigenvalue weighted by molar-refractivity contribution is 0.0527. The van der Waals surface area contributed by atoms with E-state index in [-0.39, 0.29) is 11.5 Å². The van der Waals surface area contributed by atoms with Crippen LogP contribution in [-0.2, 0) is 4.74 Å². The maximum absolute atomic E-state index is 11.7. The summed E-state index contributed by atoms with van der Waals surface area (Å²) in [5.41, 5.74) is 7.49. The molecule has 0 saturated heterocycles. The summed E-state index contributed by atoms with van der Waals surface area (Å²) in [4.78, 5) is 11.7. The molecule has 1 rings (SSSR count). The smallest absolute Gasteiger partial charge is 0.340 e. The average Bonchev–Trinajstić information content (AvgIpc) is 2.31. The Balaban J connectivity index is 2.97. The predicted molar refractivity (Wildman–Crippen MR) is 74.8 cm³/mol. The van der Waals surface area contributed by atoms with Crippen LogP contribution in [0.15, 0.2) is 18.2 Å². The summed E-state index contributed by atoms with van der Waals surface area (Å²) in [6, 6.07) is 5.33. The Kier molecular flexibility index (Phi) is 4.59. The quantitative estimate of drug-likeness (QED) is 0.622. The molecule has 0 spiro atoms. The van der Waals surface area contributed by atoms with E-state index in [1.54, 1.807) is 19.1 Å². The van der Waals surface area contributed by atoms with Crippen LogP contribution in [0.4, 0.5) is 11.4 Å². The van der Waals surface area contributed by atoms with Crippen molar-refractivity contribution in [2.75, 3.05) is 17.7 Å². The van der Waals surface area contributed by atoms with E-state index in [1.165, 1.54) is 0 Å². The van der Waals surface area contributed by atoms with Gasteiger partial charge in [0.1, 0.15) is 0 Å². The van der Waals surface area contributed by atoms with E-state index in [2.05, 4.69) is 26.1 Å². The van der Waals surface area contributed by atoms with E-state index < -0.39 is 0 Å². The molecule has 18 heavy (non-hydrogen) atoms. The largest absolute Gasteiger partial charge is 0.462 e. The molecule has 1 aromatic rings. The molecule has 100 valence electrons. The zero-order valence-electron chi connectivity index (χ0n) is 11.5. The highest BCUT2D eigenvalue weighted by atomic mass is 16.5. The lowest BCUT2D eigenvalue weighted by atomic mass is 10.0. The van der Waals surface area contributed by atoms with Crippen LogP contribution >= 0.6 is 0 Å². The molecule has 0 amide bonds. The van der Waals surface area contributed by atoms with Gasteiger partial charge in [-0.05, 0) is 45.4 Å². The van der Waals surface area contributed by atoms with Crippen LogP contribution in [0.25, 0.3) is 0 Å². The van der Waals surface area contributed by atoms with Gasteiger partial charge in [0.15, 0.2) is 0 Å².